The lowest BCUT2D eigenvalue weighted by molar-refractivity contribution is 0.0526. The molecule has 30 heavy (non-hydrogen) atoms. The van der Waals surface area contributed by atoms with E-state index in [2.05, 4.69) is 15.3 Å². The minimum atomic E-state index is -0.621. The quantitative estimate of drug-likeness (QED) is 0.476. The number of nitrogens with one attached hydrogen (secondary N) is 1. The molecule has 0 amide bonds. The van der Waals surface area contributed by atoms with Crippen LogP contribution in [0.4, 0.5) is 11.7 Å². The Morgan fingerprint density at radius 1 is 1.30 bits per heavy atom. The van der Waals surface area contributed by atoms with Crippen molar-refractivity contribution in [2.75, 3.05) is 11.9 Å². The lowest BCUT2D eigenvalue weighted by Crippen LogP contribution is -2.11. The lowest BCUT2D eigenvalue weighted by atomic mass is 10.1. The predicted molar refractivity (Wildman–Crippen MR) is 110 cm³/mol. The molecule has 0 saturated carbocycles. The second-order valence-electron chi connectivity index (χ2n) is 6.58. The number of hydrogen-bond acceptors (Lipinski definition) is 8. The SMILES string of the molecule is CCOC(=O)c1cnc(-c2cccc(C)c2)nc1Nc1oc(C)c(C(C)=O)c1C#N. The van der Waals surface area contributed by atoms with Crippen LogP contribution in [0.15, 0.2) is 34.9 Å². The average molecular weight is 404 g/mol. The molecule has 0 aliphatic heterocycles. The maximum atomic E-state index is 12.4. The fourth-order valence-corrected chi connectivity index (χ4v) is 3.03. The van der Waals surface area contributed by atoms with Gasteiger partial charge in [-0.25, -0.2) is 14.8 Å². The highest BCUT2D eigenvalue weighted by Crippen LogP contribution is 2.31. The van der Waals surface area contributed by atoms with Gasteiger partial charge in [-0.15, -0.1) is 0 Å². The van der Waals surface area contributed by atoms with E-state index in [0.717, 1.165) is 11.1 Å². The second-order valence-corrected chi connectivity index (χ2v) is 6.58. The number of esters is 1. The number of ketones is 1. The zero-order chi connectivity index (χ0) is 21.8. The van der Waals surface area contributed by atoms with E-state index in [-0.39, 0.29) is 40.8 Å². The molecule has 8 heteroatoms. The Labute approximate surface area is 173 Å². The summed E-state index contributed by atoms with van der Waals surface area (Å²) in [4.78, 5) is 33.1. The van der Waals surface area contributed by atoms with Gasteiger partial charge < -0.3 is 14.5 Å². The number of aryl methyl sites for hydroxylation is 2. The van der Waals surface area contributed by atoms with Crippen LogP contribution in [-0.2, 0) is 4.74 Å². The van der Waals surface area contributed by atoms with Crippen LogP contribution in [0.2, 0.25) is 0 Å². The zero-order valence-corrected chi connectivity index (χ0v) is 17.1. The number of ether oxygens (including phenoxy) is 1. The molecule has 2 heterocycles. The number of hydrogen-bond donors (Lipinski definition) is 1. The first-order valence-corrected chi connectivity index (χ1v) is 9.28. The standard InChI is InChI=1S/C22H20N4O4/c1-5-29-22(28)17-11-24-19(15-8-6-7-12(2)9-15)25-20(17)26-21-16(10-23)18(13(3)27)14(4)30-21/h6-9,11H,5H2,1-4H3,(H,24,25,26). The van der Waals surface area contributed by atoms with Crippen LogP contribution in [0, 0.1) is 25.2 Å². The van der Waals surface area contributed by atoms with Gasteiger partial charge in [-0.05, 0) is 33.8 Å². The van der Waals surface area contributed by atoms with Crippen molar-refractivity contribution in [2.45, 2.75) is 27.7 Å². The molecule has 2 aromatic heterocycles. The first-order valence-electron chi connectivity index (χ1n) is 9.28. The molecular weight excluding hydrogens is 384 g/mol. The number of carbonyl (C=O) groups excluding carboxylic acids is 2. The van der Waals surface area contributed by atoms with E-state index in [0.29, 0.717) is 11.6 Å². The van der Waals surface area contributed by atoms with Gasteiger partial charge in [0.05, 0.1) is 12.2 Å². The van der Waals surface area contributed by atoms with Gasteiger partial charge in [0, 0.05) is 11.8 Å². The summed E-state index contributed by atoms with van der Waals surface area (Å²) < 4.78 is 10.7. The van der Waals surface area contributed by atoms with Crippen molar-refractivity contribution < 1.29 is 18.7 Å². The van der Waals surface area contributed by atoms with Crippen molar-refractivity contribution in [1.29, 1.82) is 5.26 Å². The summed E-state index contributed by atoms with van der Waals surface area (Å²) >= 11 is 0. The van der Waals surface area contributed by atoms with Crippen LogP contribution in [0.5, 0.6) is 0 Å². The molecule has 0 bridgehead atoms. The molecule has 0 aliphatic carbocycles. The minimum Gasteiger partial charge on any atom is -0.462 e. The van der Waals surface area contributed by atoms with Gasteiger partial charge in [0.15, 0.2) is 17.4 Å². The van der Waals surface area contributed by atoms with Crippen molar-refractivity contribution in [1.82, 2.24) is 9.97 Å². The van der Waals surface area contributed by atoms with Crippen molar-refractivity contribution >= 4 is 23.5 Å². The van der Waals surface area contributed by atoms with Crippen LogP contribution in [0.1, 0.15) is 51.5 Å². The third-order valence-corrected chi connectivity index (χ3v) is 4.34. The summed E-state index contributed by atoms with van der Waals surface area (Å²) in [6, 6.07) is 9.56. The lowest BCUT2D eigenvalue weighted by Gasteiger charge is -2.11. The van der Waals surface area contributed by atoms with Gasteiger partial charge in [-0.3, -0.25) is 4.79 Å². The smallest absolute Gasteiger partial charge is 0.343 e. The summed E-state index contributed by atoms with van der Waals surface area (Å²) in [5, 5.41) is 12.4. The third kappa shape index (κ3) is 4.05. The maximum Gasteiger partial charge on any atom is 0.343 e. The fourth-order valence-electron chi connectivity index (χ4n) is 3.03. The highest BCUT2D eigenvalue weighted by atomic mass is 16.5. The fraction of sp³-hybridized carbons (Fsp3) is 0.227. The van der Waals surface area contributed by atoms with E-state index < -0.39 is 5.97 Å². The molecule has 1 N–H and O–H groups in total. The molecule has 0 spiro atoms. The predicted octanol–water partition coefficient (Wildman–Crippen LogP) is 4.35. The number of rotatable bonds is 6. The Bertz CT molecular complexity index is 1170. The molecule has 3 rings (SSSR count). The van der Waals surface area contributed by atoms with E-state index in [9.17, 15) is 14.9 Å². The van der Waals surface area contributed by atoms with Crippen LogP contribution < -0.4 is 5.32 Å². The second kappa shape index (κ2) is 8.57. The van der Waals surface area contributed by atoms with Crippen LogP contribution in [-0.4, -0.2) is 28.3 Å². The number of furan rings is 1. The number of benzene rings is 1. The summed E-state index contributed by atoms with van der Waals surface area (Å²) in [6.45, 7) is 6.76. The van der Waals surface area contributed by atoms with Crippen LogP contribution >= 0.6 is 0 Å². The molecule has 0 saturated heterocycles. The molecule has 1 aromatic carbocycles. The molecule has 8 nitrogen and oxygen atoms in total. The van der Waals surface area contributed by atoms with E-state index in [4.69, 9.17) is 9.15 Å². The Morgan fingerprint density at radius 2 is 2.07 bits per heavy atom. The molecule has 152 valence electrons. The van der Waals surface area contributed by atoms with E-state index in [1.807, 2.05) is 37.3 Å². The number of carbonyl (C=O) groups is 2. The molecule has 0 atom stereocenters. The topological polar surface area (TPSA) is 118 Å². The molecule has 0 unspecified atom stereocenters. The summed E-state index contributed by atoms with van der Waals surface area (Å²) in [5.74, 6) is -0.103. The van der Waals surface area contributed by atoms with E-state index in [1.54, 1.807) is 13.8 Å². The Morgan fingerprint density at radius 3 is 2.70 bits per heavy atom. The summed E-state index contributed by atoms with van der Waals surface area (Å²) in [6.07, 6.45) is 1.36. The van der Waals surface area contributed by atoms with Crippen LogP contribution in [0.3, 0.4) is 0 Å². The number of Topliss-reactive ketones (excluding diaryl/α,β-unsaturated/α-hetero) is 1. The Balaban J connectivity index is 2.13. The summed E-state index contributed by atoms with van der Waals surface area (Å²) in [5.41, 5.74) is 2.10. The first kappa shape index (κ1) is 20.7. The number of aromatic nitrogens is 2. The number of nitriles is 1. The van der Waals surface area contributed by atoms with Gasteiger partial charge in [-0.2, -0.15) is 5.26 Å². The zero-order valence-electron chi connectivity index (χ0n) is 17.1. The first-order chi connectivity index (χ1) is 14.3. The van der Waals surface area contributed by atoms with Gasteiger partial charge in [0.2, 0.25) is 5.88 Å². The molecular formula is C22H20N4O4. The minimum absolute atomic E-state index is 0.0274. The van der Waals surface area contributed by atoms with Crippen molar-refractivity contribution in [3.8, 4) is 17.5 Å². The van der Waals surface area contributed by atoms with Crippen molar-refractivity contribution in [3.05, 3.63) is 58.5 Å². The Hall–Kier alpha value is -3.99. The van der Waals surface area contributed by atoms with Crippen molar-refractivity contribution in [3.63, 3.8) is 0 Å². The number of anilines is 2. The van der Waals surface area contributed by atoms with E-state index >= 15 is 0 Å². The normalized spacial score (nSPS) is 10.4. The monoisotopic (exact) mass is 404 g/mol. The van der Waals surface area contributed by atoms with Crippen molar-refractivity contribution in [2.24, 2.45) is 0 Å². The molecule has 3 aromatic rings. The molecule has 0 fully saturated rings. The van der Waals surface area contributed by atoms with E-state index in [1.165, 1.54) is 13.1 Å². The molecule has 0 radical (unpaired) electrons. The third-order valence-electron chi connectivity index (χ3n) is 4.34. The Kier molecular flexibility index (Phi) is 5.93. The van der Waals surface area contributed by atoms with Gasteiger partial charge in [-0.1, -0.05) is 23.8 Å². The van der Waals surface area contributed by atoms with Crippen LogP contribution in [0.25, 0.3) is 11.4 Å². The highest BCUT2D eigenvalue weighted by Gasteiger charge is 2.24. The van der Waals surface area contributed by atoms with Gasteiger partial charge >= 0.3 is 5.97 Å². The largest absolute Gasteiger partial charge is 0.462 e. The molecule has 0 aliphatic rings. The van der Waals surface area contributed by atoms with Gasteiger partial charge in [0.25, 0.3) is 0 Å². The summed E-state index contributed by atoms with van der Waals surface area (Å²) in [7, 11) is 0. The number of nitrogens with zero attached hydrogens (tertiary/aromatic N) is 3. The average Bonchev–Trinajstić information content (AvgIpc) is 3.03. The highest BCUT2D eigenvalue weighted by molar-refractivity contribution is 6.00. The van der Waals surface area contributed by atoms with Gasteiger partial charge in [0.1, 0.15) is 23.0 Å². The maximum absolute atomic E-state index is 12.4.